The molecule has 4 heteroatoms. The van der Waals surface area contributed by atoms with E-state index in [1.54, 1.807) is 19.3 Å². The highest BCUT2D eigenvalue weighted by Crippen LogP contribution is 2.25. The number of rotatable bonds is 3. The van der Waals surface area contributed by atoms with Crippen LogP contribution in [0.1, 0.15) is 24.4 Å². The fraction of sp³-hybridized carbons (Fsp3) is 0.143. The van der Waals surface area contributed by atoms with E-state index >= 15 is 0 Å². The molecule has 1 atom stereocenters. The van der Waals surface area contributed by atoms with Crippen LogP contribution in [0.4, 0.5) is 0 Å². The van der Waals surface area contributed by atoms with Crippen LogP contribution in [0.5, 0.6) is 0 Å². The van der Waals surface area contributed by atoms with Gasteiger partial charge >= 0.3 is 0 Å². The summed E-state index contributed by atoms with van der Waals surface area (Å²) >= 11 is 0. The maximum Gasteiger partial charge on any atom is 0.146 e. The topological polar surface area (TPSA) is 61.5 Å². The van der Waals surface area contributed by atoms with Crippen molar-refractivity contribution in [3.63, 3.8) is 0 Å². The van der Waals surface area contributed by atoms with Gasteiger partial charge in [0.05, 0.1) is 0 Å². The number of nitrogens with one attached hydrogen (secondary N) is 2. The number of Topliss-reactive ketones (excluding diaryl/α,β-unsaturated/α-hetero) is 1. The van der Waals surface area contributed by atoms with Crippen LogP contribution in [-0.2, 0) is 4.79 Å². The van der Waals surface area contributed by atoms with Crippen molar-refractivity contribution in [3.8, 4) is 0 Å². The summed E-state index contributed by atoms with van der Waals surface area (Å²) in [4.78, 5) is 22.3. The Bertz CT molecular complexity index is 649. The Kier molecular flexibility index (Phi) is 2.48. The zero-order valence-corrected chi connectivity index (χ0v) is 9.97. The molecule has 90 valence electrons. The number of aromatic nitrogens is 3. The van der Waals surface area contributed by atoms with E-state index in [4.69, 9.17) is 0 Å². The molecule has 1 unspecified atom stereocenters. The minimum absolute atomic E-state index is 0.0662. The van der Waals surface area contributed by atoms with Crippen LogP contribution in [-0.4, -0.2) is 20.7 Å². The van der Waals surface area contributed by atoms with Gasteiger partial charge in [-0.15, -0.1) is 0 Å². The average molecular weight is 239 g/mol. The molecule has 0 aliphatic rings. The number of benzene rings is 1. The van der Waals surface area contributed by atoms with Gasteiger partial charge in [-0.3, -0.25) is 4.79 Å². The first kappa shape index (κ1) is 10.8. The molecule has 0 amide bonds. The van der Waals surface area contributed by atoms with Crippen molar-refractivity contribution in [2.45, 2.75) is 12.8 Å². The zero-order valence-electron chi connectivity index (χ0n) is 9.97. The molecule has 0 aliphatic heterocycles. The van der Waals surface area contributed by atoms with Crippen LogP contribution in [0.2, 0.25) is 0 Å². The molecule has 1 aromatic carbocycles. The fourth-order valence-electron chi connectivity index (χ4n) is 2.25. The van der Waals surface area contributed by atoms with Gasteiger partial charge in [0, 0.05) is 23.6 Å². The molecular weight excluding hydrogens is 226 g/mol. The van der Waals surface area contributed by atoms with Crippen LogP contribution in [0.3, 0.4) is 0 Å². The number of carbonyl (C=O) groups is 1. The van der Waals surface area contributed by atoms with E-state index in [0.29, 0.717) is 5.82 Å². The number of nitrogens with zero attached hydrogens (tertiary/aromatic N) is 1. The van der Waals surface area contributed by atoms with Gasteiger partial charge in [0.1, 0.15) is 17.5 Å². The third kappa shape index (κ3) is 1.72. The highest BCUT2D eigenvalue weighted by atomic mass is 16.1. The van der Waals surface area contributed by atoms with Crippen molar-refractivity contribution in [2.75, 3.05) is 0 Å². The van der Waals surface area contributed by atoms with Crippen LogP contribution < -0.4 is 0 Å². The number of hydrogen-bond acceptors (Lipinski definition) is 2. The zero-order chi connectivity index (χ0) is 12.5. The van der Waals surface area contributed by atoms with Crippen molar-refractivity contribution in [2.24, 2.45) is 0 Å². The standard InChI is InChI=1S/C14H13N3O/c1-9(18)13(14-15-6-7-16-14)12-8-10-4-2-3-5-11(10)17-12/h2-8,13,17H,1H3,(H,15,16). The first-order valence-corrected chi connectivity index (χ1v) is 5.83. The van der Waals surface area contributed by atoms with Gasteiger partial charge in [-0.25, -0.2) is 4.98 Å². The number of hydrogen-bond donors (Lipinski definition) is 2. The summed E-state index contributed by atoms with van der Waals surface area (Å²) in [5, 5.41) is 1.10. The molecule has 0 bridgehead atoms. The van der Waals surface area contributed by atoms with E-state index < -0.39 is 0 Å². The summed E-state index contributed by atoms with van der Waals surface area (Å²) in [6.07, 6.45) is 3.39. The minimum atomic E-state index is -0.354. The lowest BCUT2D eigenvalue weighted by molar-refractivity contribution is -0.117. The Hall–Kier alpha value is -2.36. The second-order valence-electron chi connectivity index (χ2n) is 4.33. The van der Waals surface area contributed by atoms with Gasteiger partial charge < -0.3 is 9.97 Å². The molecule has 3 aromatic rings. The third-order valence-corrected chi connectivity index (χ3v) is 3.06. The fourth-order valence-corrected chi connectivity index (χ4v) is 2.25. The van der Waals surface area contributed by atoms with Gasteiger partial charge in [-0.05, 0) is 24.4 Å². The second kappa shape index (κ2) is 4.14. The van der Waals surface area contributed by atoms with E-state index in [2.05, 4.69) is 15.0 Å². The van der Waals surface area contributed by atoms with Gasteiger partial charge in [-0.2, -0.15) is 0 Å². The van der Waals surface area contributed by atoms with Crippen molar-refractivity contribution in [1.29, 1.82) is 0 Å². The lowest BCUT2D eigenvalue weighted by Gasteiger charge is -2.08. The smallest absolute Gasteiger partial charge is 0.146 e. The summed E-state index contributed by atoms with van der Waals surface area (Å²) < 4.78 is 0. The molecule has 0 radical (unpaired) electrons. The van der Waals surface area contributed by atoms with Crippen molar-refractivity contribution in [3.05, 3.63) is 54.2 Å². The molecule has 2 aromatic heterocycles. The Morgan fingerprint density at radius 2 is 2.17 bits per heavy atom. The Balaban J connectivity index is 2.13. The van der Waals surface area contributed by atoms with E-state index in [0.717, 1.165) is 16.6 Å². The largest absolute Gasteiger partial charge is 0.357 e. The van der Waals surface area contributed by atoms with Gasteiger partial charge in [0.15, 0.2) is 0 Å². The first-order valence-electron chi connectivity index (χ1n) is 5.83. The molecule has 18 heavy (non-hydrogen) atoms. The van der Waals surface area contributed by atoms with E-state index in [9.17, 15) is 4.79 Å². The van der Waals surface area contributed by atoms with Crippen LogP contribution >= 0.6 is 0 Å². The summed E-state index contributed by atoms with van der Waals surface area (Å²) in [6.45, 7) is 1.58. The molecule has 2 heterocycles. The predicted molar refractivity (Wildman–Crippen MR) is 69.4 cm³/mol. The molecule has 4 nitrogen and oxygen atoms in total. The summed E-state index contributed by atoms with van der Waals surface area (Å²) in [7, 11) is 0. The first-order chi connectivity index (χ1) is 8.75. The Morgan fingerprint density at radius 1 is 1.33 bits per heavy atom. The maximum absolute atomic E-state index is 11.8. The highest BCUT2D eigenvalue weighted by Gasteiger charge is 2.23. The van der Waals surface area contributed by atoms with Crippen molar-refractivity contribution in [1.82, 2.24) is 15.0 Å². The molecule has 0 spiro atoms. The number of H-pyrrole nitrogens is 2. The normalized spacial score (nSPS) is 12.7. The van der Waals surface area contributed by atoms with Crippen LogP contribution in [0.25, 0.3) is 10.9 Å². The van der Waals surface area contributed by atoms with Crippen molar-refractivity contribution >= 4 is 16.7 Å². The van der Waals surface area contributed by atoms with Gasteiger partial charge in [-0.1, -0.05) is 18.2 Å². The Morgan fingerprint density at radius 3 is 2.83 bits per heavy atom. The summed E-state index contributed by atoms with van der Waals surface area (Å²) in [5.74, 6) is 0.387. The molecule has 0 saturated heterocycles. The molecule has 2 N–H and O–H groups in total. The molecular formula is C14H13N3O. The van der Waals surface area contributed by atoms with Crippen LogP contribution in [0.15, 0.2) is 42.7 Å². The third-order valence-electron chi connectivity index (χ3n) is 3.06. The SMILES string of the molecule is CC(=O)C(c1cc2ccccc2[nH]1)c1ncc[nH]1. The summed E-state index contributed by atoms with van der Waals surface area (Å²) in [5.41, 5.74) is 1.91. The van der Waals surface area contributed by atoms with Gasteiger partial charge in [0.2, 0.25) is 0 Å². The average Bonchev–Trinajstić information content (AvgIpc) is 2.97. The lowest BCUT2D eigenvalue weighted by Crippen LogP contribution is -2.12. The predicted octanol–water partition coefficient (Wildman–Crippen LogP) is 2.61. The minimum Gasteiger partial charge on any atom is -0.357 e. The number of ketones is 1. The van der Waals surface area contributed by atoms with E-state index in [1.807, 2.05) is 30.3 Å². The van der Waals surface area contributed by atoms with Crippen molar-refractivity contribution < 1.29 is 4.79 Å². The molecule has 3 rings (SSSR count). The summed E-state index contributed by atoms with van der Waals surface area (Å²) in [6, 6.07) is 9.98. The number of carbonyl (C=O) groups excluding carboxylic acids is 1. The quantitative estimate of drug-likeness (QED) is 0.738. The number of fused-ring (bicyclic) bond motifs is 1. The molecule has 0 saturated carbocycles. The lowest BCUT2D eigenvalue weighted by atomic mass is 10.0. The number of imidazole rings is 1. The second-order valence-corrected chi connectivity index (χ2v) is 4.33. The number of aromatic amines is 2. The number of para-hydroxylation sites is 1. The molecule has 0 aliphatic carbocycles. The Labute approximate surface area is 104 Å². The highest BCUT2D eigenvalue weighted by molar-refractivity contribution is 5.88. The van der Waals surface area contributed by atoms with Gasteiger partial charge in [0.25, 0.3) is 0 Å². The van der Waals surface area contributed by atoms with E-state index in [-0.39, 0.29) is 11.7 Å². The van der Waals surface area contributed by atoms with Crippen LogP contribution in [0, 0.1) is 0 Å². The monoisotopic (exact) mass is 239 g/mol. The maximum atomic E-state index is 11.8. The molecule has 0 fully saturated rings. The van der Waals surface area contributed by atoms with E-state index in [1.165, 1.54) is 0 Å².